The van der Waals surface area contributed by atoms with Crippen LogP contribution in [0.25, 0.3) is 0 Å². The van der Waals surface area contributed by atoms with Crippen molar-refractivity contribution in [1.29, 1.82) is 0 Å². The number of hydrogen-bond acceptors (Lipinski definition) is 5. The third-order valence-corrected chi connectivity index (χ3v) is 3.31. The molecule has 0 bridgehead atoms. The van der Waals surface area contributed by atoms with Gasteiger partial charge >= 0.3 is 0 Å². The molecule has 0 aromatic carbocycles. The van der Waals surface area contributed by atoms with E-state index in [1.807, 2.05) is 11.8 Å². The van der Waals surface area contributed by atoms with Crippen LogP contribution >= 0.6 is 11.8 Å². The fourth-order valence-electron chi connectivity index (χ4n) is 1.68. The van der Waals surface area contributed by atoms with Crippen LogP contribution in [0.4, 0.5) is 0 Å². The lowest BCUT2D eigenvalue weighted by molar-refractivity contribution is 0.348. The van der Waals surface area contributed by atoms with Gasteiger partial charge in [-0.25, -0.2) is 0 Å². The zero-order valence-electron chi connectivity index (χ0n) is 11.4. The third kappa shape index (κ3) is 4.74. The molecule has 0 radical (unpaired) electrons. The minimum atomic E-state index is 0.708. The van der Waals surface area contributed by atoms with Crippen LogP contribution in [0.2, 0.25) is 0 Å². The van der Waals surface area contributed by atoms with E-state index in [0.29, 0.717) is 6.54 Å². The Bertz CT molecular complexity index is 348. The molecule has 0 aliphatic carbocycles. The van der Waals surface area contributed by atoms with E-state index in [2.05, 4.69) is 16.6 Å². The predicted molar refractivity (Wildman–Crippen MR) is 76.7 cm³/mol. The molecule has 1 heterocycles. The van der Waals surface area contributed by atoms with Gasteiger partial charge in [0.25, 0.3) is 0 Å². The summed E-state index contributed by atoms with van der Waals surface area (Å²) in [4.78, 5) is 4.32. The summed E-state index contributed by atoms with van der Waals surface area (Å²) in [5, 5.41) is 3.38. The van der Waals surface area contributed by atoms with Gasteiger partial charge in [0, 0.05) is 18.8 Å². The van der Waals surface area contributed by atoms with Crippen molar-refractivity contribution < 1.29 is 9.47 Å². The van der Waals surface area contributed by atoms with Gasteiger partial charge in [-0.1, -0.05) is 0 Å². The van der Waals surface area contributed by atoms with Gasteiger partial charge in [0.1, 0.15) is 0 Å². The lowest BCUT2D eigenvalue weighted by atomic mass is 10.3. The SMILES string of the molecule is COc1ccnc(CNCCCCSC)c1OC. The first kappa shape index (κ1) is 15.1. The van der Waals surface area contributed by atoms with Gasteiger partial charge in [0.05, 0.1) is 19.9 Å². The zero-order chi connectivity index (χ0) is 13.2. The first-order valence-electron chi connectivity index (χ1n) is 6.09. The first-order chi connectivity index (χ1) is 8.83. The molecule has 1 aromatic rings. The molecule has 0 atom stereocenters. The number of pyridine rings is 1. The molecule has 0 spiro atoms. The van der Waals surface area contributed by atoms with Crippen LogP contribution in [0.5, 0.6) is 11.5 Å². The molecular weight excluding hydrogens is 248 g/mol. The monoisotopic (exact) mass is 270 g/mol. The molecule has 0 fully saturated rings. The highest BCUT2D eigenvalue weighted by molar-refractivity contribution is 7.98. The van der Waals surface area contributed by atoms with Crippen molar-refractivity contribution >= 4 is 11.8 Å². The number of rotatable bonds is 9. The van der Waals surface area contributed by atoms with Crippen LogP contribution in [-0.4, -0.2) is 37.8 Å². The second kappa shape index (κ2) is 9.05. The van der Waals surface area contributed by atoms with E-state index in [0.717, 1.165) is 23.7 Å². The summed E-state index contributed by atoms with van der Waals surface area (Å²) in [6.45, 7) is 1.71. The Hall–Kier alpha value is -0.940. The highest BCUT2D eigenvalue weighted by atomic mass is 32.2. The highest BCUT2D eigenvalue weighted by Crippen LogP contribution is 2.28. The minimum Gasteiger partial charge on any atom is -0.493 e. The largest absolute Gasteiger partial charge is 0.493 e. The average Bonchev–Trinajstić information content (AvgIpc) is 2.42. The number of nitrogens with zero attached hydrogens (tertiary/aromatic N) is 1. The van der Waals surface area contributed by atoms with Crippen LogP contribution in [0.15, 0.2) is 12.3 Å². The fraction of sp³-hybridized carbons (Fsp3) is 0.615. The molecule has 18 heavy (non-hydrogen) atoms. The van der Waals surface area contributed by atoms with Crippen molar-refractivity contribution in [2.24, 2.45) is 0 Å². The molecule has 0 saturated heterocycles. The van der Waals surface area contributed by atoms with Crippen LogP contribution in [-0.2, 0) is 6.54 Å². The maximum absolute atomic E-state index is 5.33. The highest BCUT2D eigenvalue weighted by Gasteiger charge is 2.09. The Labute approximate surface area is 113 Å². The molecule has 5 heteroatoms. The van der Waals surface area contributed by atoms with Gasteiger partial charge < -0.3 is 14.8 Å². The number of unbranched alkanes of at least 4 members (excludes halogenated alkanes) is 1. The second-order valence-corrected chi connectivity index (χ2v) is 4.86. The van der Waals surface area contributed by atoms with Crippen LogP contribution in [0.1, 0.15) is 18.5 Å². The number of methoxy groups -OCH3 is 2. The summed E-state index contributed by atoms with van der Waals surface area (Å²) in [6, 6.07) is 1.81. The molecule has 0 amide bonds. The van der Waals surface area contributed by atoms with Gasteiger partial charge in [0.15, 0.2) is 11.5 Å². The topological polar surface area (TPSA) is 43.4 Å². The summed E-state index contributed by atoms with van der Waals surface area (Å²) in [7, 11) is 3.28. The molecule has 1 rings (SSSR count). The normalized spacial score (nSPS) is 10.4. The van der Waals surface area contributed by atoms with E-state index >= 15 is 0 Å². The molecule has 0 saturated carbocycles. The summed E-state index contributed by atoms with van der Waals surface area (Å²) >= 11 is 1.89. The lowest BCUT2D eigenvalue weighted by Crippen LogP contribution is -2.16. The Kier molecular flexibility index (Phi) is 7.60. The van der Waals surface area contributed by atoms with E-state index in [9.17, 15) is 0 Å². The van der Waals surface area contributed by atoms with Gasteiger partial charge in [-0.2, -0.15) is 11.8 Å². The zero-order valence-corrected chi connectivity index (χ0v) is 12.2. The minimum absolute atomic E-state index is 0.708. The average molecular weight is 270 g/mol. The van der Waals surface area contributed by atoms with E-state index in [1.54, 1.807) is 26.5 Å². The van der Waals surface area contributed by atoms with E-state index in [1.165, 1.54) is 18.6 Å². The van der Waals surface area contributed by atoms with E-state index < -0.39 is 0 Å². The van der Waals surface area contributed by atoms with Gasteiger partial charge in [0.2, 0.25) is 0 Å². The quantitative estimate of drug-likeness (QED) is 0.698. The number of aromatic nitrogens is 1. The summed E-state index contributed by atoms with van der Waals surface area (Å²) in [6.07, 6.45) is 6.31. The van der Waals surface area contributed by atoms with E-state index in [-0.39, 0.29) is 0 Å². The fourth-order valence-corrected chi connectivity index (χ4v) is 2.17. The van der Waals surface area contributed by atoms with Crippen molar-refractivity contribution in [2.75, 3.05) is 32.8 Å². The second-order valence-electron chi connectivity index (χ2n) is 3.87. The molecule has 102 valence electrons. The standard InChI is InChI=1S/C13H22N2O2S/c1-16-12-6-8-15-11(13(12)17-2)10-14-7-4-5-9-18-3/h6,8,14H,4-5,7,9-10H2,1-3H3. The Morgan fingerprint density at radius 2 is 2.11 bits per heavy atom. The number of nitrogens with one attached hydrogen (secondary N) is 1. The molecular formula is C13H22N2O2S. The van der Waals surface area contributed by atoms with Crippen molar-refractivity contribution in [3.05, 3.63) is 18.0 Å². The van der Waals surface area contributed by atoms with Gasteiger partial charge in [-0.15, -0.1) is 0 Å². The van der Waals surface area contributed by atoms with Crippen LogP contribution in [0, 0.1) is 0 Å². The molecule has 1 N–H and O–H groups in total. The number of thioether (sulfide) groups is 1. The molecule has 4 nitrogen and oxygen atoms in total. The Balaban J connectivity index is 2.41. The van der Waals surface area contributed by atoms with E-state index in [4.69, 9.17) is 9.47 Å². The lowest BCUT2D eigenvalue weighted by Gasteiger charge is -2.12. The summed E-state index contributed by atoms with van der Waals surface area (Å²) in [5.74, 6) is 2.67. The number of ether oxygens (including phenoxy) is 2. The van der Waals surface area contributed by atoms with Crippen molar-refractivity contribution in [1.82, 2.24) is 10.3 Å². The van der Waals surface area contributed by atoms with Crippen molar-refractivity contribution in [3.8, 4) is 11.5 Å². The van der Waals surface area contributed by atoms with Crippen LogP contribution < -0.4 is 14.8 Å². The maximum Gasteiger partial charge on any atom is 0.183 e. The summed E-state index contributed by atoms with van der Waals surface area (Å²) in [5.41, 5.74) is 0.890. The van der Waals surface area contributed by atoms with Crippen molar-refractivity contribution in [3.63, 3.8) is 0 Å². The molecule has 1 aromatic heterocycles. The third-order valence-electron chi connectivity index (χ3n) is 2.61. The maximum atomic E-state index is 5.33. The smallest absolute Gasteiger partial charge is 0.183 e. The Morgan fingerprint density at radius 1 is 1.28 bits per heavy atom. The molecule has 0 aliphatic heterocycles. The van der Waals surface area contributed by atoms with Crippen LogP contribution in [0.3, 0.4) is 0 Å². The number of hydrogen-bond donors (Lipinski definition) is 1. The Morgan fingerprint density at radius 3 is 2.78 bits per heavy atom. The summed E-state index contributed by atoms with van der Waals surface area (Å²) < 4.78 is 10.6. The van der Waals surface area contributed by atoms with Crippen molar-refractivity contribution in [2.45, 2.75) is 19.4 Å². The van der Waals surface area contributed by atoms with Gasteiger partial charge in [-0.3, -0.25) is 4.98 Å². The predicted octanol–water partition coefficient (Wildman–Crippen LogP) is 2.33. The first-order valence-corrected chi connectivity index (χ1v) is 7.48. The molecule has 0 unspecified atom stereocenters. The molecule has 0 aliphatic rings. The van der Waals surface area contributed by atoms with Gasteiger partial charge in [-0.05, 0) is 31.4 Å².